The van der Waals surface area contributed by atoms with Gasteiger partial charge in [0.15, 0.2) is 12.3 Å². The number of primary amides is 1. The molecule has 1 aliphatic heterocycles. The molecule has 0 radical (unpaired) electrons. The molecule has 0 saturated carbocycles. The molecule has 1 aromatic rings. The van der Waals surface area contributed by atoms with Crippen LogP contribution in [0.25, 0.3) is 5.57 Å². The second-order valence-electron chi connectivity index (χ2n) is 5.15. The Bertz CT molecular complexity index is 709. The van der Waals surface area contributed by atoms with E-state index in [1.165, 1.54) is 0 Å². The number of aliphatic hydroxyl groups is 1. The van der Waals surface area contributed by atoms with Gasteiger partial charge in [0.05, 0.1) is 0 Å². The normalized spacial score (nSPS) is 24.3. The van der Waals surface area contributed by atoms with E-state index in [1.54, 1.807) is 18.2 Å². The summed E-state index contributed by atoms with van der Waals surface area (Å²) in [7, 11) is 0. The van der Waals surface area contributed by atoms with Crippen LogP contribution in [0, 0.1) is 0 Å². The summed E-state index contributed by atoms with van der Waals surface area (Å²) in [5.74, 6) is -0.863. The Morgan fingerprint density at radius 1 is 1.27 bits per heavy atom. The predicted molar refractivity (Wildman–Crippen MR) is 81.2 cm³/mol. The second-order valence-corrected chi connectivity index (χ2v) is 5.97. The van der Waals surface area contributed by atoms with Gasteiger partial charge in [-0.3, -0.25) is 4.79 Å². The SMILES string of the molecule is NC(=O)C1CC2=C(O)C(F)CC(c3c(Cl)cccc3Cl)=C2O1. The van der Waals surface area contributed by atoms with Crippen LogP contribution in [-0.2, 0) is 9.53 Å². The van der Waals surface area contributed by atoms with Gasteiger partial charge in [0, 0.05) is 39.6 Å². The Morgan fingerprint density at radius 3 is 2.50 bits per heavy atom. The summed E-state index contributed by atoms with van der Waals surface area (Å²) in [5.41, 5.74) is 6.36. The summed E-state index contributed by atoms with van der Waals surface area (Å²) in [4.78, 5) is 11.3. The summed E-state index contributed by atoms with van der Waals surface area (Å²) < 4.78 is 19.7. The molecule has 0 spiro atoms. The Balaban J connectivity index is 2.20. The van der Waals surface area contributed by atoms with Crippen LogP contribution in [0.5, 0.6) is 0 Å². The van der Waals surface area contributed by atoms with Gasteiger partial charge >= 0.3 is 0 Å². The minimum Gasteiger partial charge on any atom is -0.509 e. The third-order valence-electron chi connectivity index (χ3n) is 3.77. The number of carbonyl (C=O) groups excluding carboxylic acids is 1. The highest BCUT2D eigenvalue weighted by molar-refractivity contribution is 6.37. The maximum Gasteiger partial charge on any atom is 0.258 e. The number of hydrogen-bond donors (Lipinski definition) is 2. The molecule has 0 aromatic heterocycles. The lowest BCUT2D eigenvalue weighted by Crippen LogP contribution is -2.27. The molecule has 4 nitrogen and oxygen atoms in total. The van der Waals surface area contributed by atoms with Crippen molar-refractivity contribution in [2.75, 3.05) is 0 Å². The highest BCUT2D eigenvalue weighted by atomic mass is 35.5. The number of alkyl halides is 1. The minimum atomic E-state index is -1.60. The van der Waals surface area contributed by atoms with Crippen LogP contribution in [0.2, 0.25) is 10.0 Å². The summed E-state index contributed by atoms with van der Waals surface area (Å²) in [6.45, 7) is 0. The first kappa shape index (κ1) is 15.2. The van der Waals surface area contributed by atoms with E-state index in [4.69, 9.17) is 33.7 Å². The number of carbonyl (C=O) groups is 1. The van der Waals surface area contributed by atoms with Crippen molar-refractivity contribution in [3.8, 4) is 0 Å². The van der Waals surface area contributed by atoms with Gasteiger partial charge in [-0.25, -0.2) is 4.39 Å². The summed E-state index contributed by atoms with van der Waals surface area (Å²) in [6, 6.07) is 4.93. The molecule has 2 atom stereocenters. The number of benzene rings is 1. The second kappa shape index (κ2) is 5.48. The lowest BCUT2D eigenvalue weighted by Gasteiger charge is -2.22. The van der Waals surface area contributed by atoms with E-state index in [1.807, 2.05) is 0 Å². The number of amides is 1. The molecular formula is C15H12Cl2FNO3. The van der Waals surface area contributed by atoms with Crippen molar-refractivity contribution in [1.82, 2.24) is 0 Å². The molecule has 2 unspecified atom stereocenters. The van der Waals surface area contributed by atoms with Crippen molar-refractivity contribution in [2.24, 2.45) is 5.73 Å². The molecule has 22 heavy (non-hydrogen) atoms. The van der Waals surface area contributed by atoms with Crippen LogP contribution in [0.1, 0.15) is 18.4 Å². The van der Waals surface area contributed by atoms with Crippen LogP contribution >= 0.6 is 23.2 Å². The number of aliphatic hydroxyl groups excluding tert-OH is 1. The summed E-state index contributed by atoms with van der Waals surface area (Å²) in [6.07, 6.45) is -2.65. The van der Waals surface area contributed by atoms with Crippen LogP contribution in [0.4, 0.5) is 4.39 Å². The van der Waals surface area contributed by atoms with Crippen LogP contribution in [0.15, 0.2) is 35.3 Å². The fourth-order valence-electron chi connectivity index (χ4n) is 2.73. The zero-order valence-corrected chi connectivity index (χ0v) is 12.8. The third-order valence-corrected chi connectivity index (χ3v) is 4.40. The van der Waals surface area contributed by atoms with E-state index in [-0.39, 0.29) is 24.2 Å². The van der Waals surface area contributed by atoms with Crippen LogP contribution in [-0.4, -0.2) is 23.3 Å². The molecule has 2 aliphatic rings. The van der Waals surface area contributed by atoms with Crippen LogP contribution in [0.3, 0.4) is 0 Å². The highest BCUT2D eigenvalue weighted by Gasteiger charge is 2.40. The van der Waals surface area contributed by atoms with E-state index in [9.17, 15) is 14.3 Å². The summed E-state index contributed by atoms with van der Waals surface area (Å²) >= 11 is 12.3. The molecule has 116 valence electrons. The first-order chi connectivity index (χ1) is 10.4. The molecule has 1 heterocycles. The van der Waals surface area contributed by atoms with Crippen molar-refractivity contribution in [2.45, 2.75) is 25.1 Å². The van der Waals surface area contributed by atoms with Crippen molar-refractivity contribution < 1.29 is 19.0 Å². The Labute approximate surface area is 136 Å². The first-order valence-corrected chi connectivity index (χ1v) is 7.35. The number of fused-ring (bicyclic) bond motifs is 1. The molecule has 1 amide bonds. The number of allylic oxidation sites excluding steroid dienone is 3. The van der Waals surface area contributed by atoms with Gasteiger partial charge in [-0.05, 0) is 12.1 Å². The zero-order valence-electron chi connectivity index (χ0n) is 11.3. The average Bonchev–Trinajstić information content (AvgIpc) is 2.89. The van der Waals surface area contributed by atoms with E-state index < -0.39 is 23.9 Å². The van der Waals surface area contributed by atoms with Gasteiger partial charge in [-0.15, -0.1) is 0 Å². The van der Waals surface area contributed by atoms with E-state index >= 15 is 0 Å². The molecule has 1 aromatic carbocycles. The third kappa shape index (κ3) is 2.34. The minimum absolute atomic E-state index is 0.0302. The average molecular weight is 344 g/mol. The van der Waals surface area contributed by atoms with Crippen molar-refractivity contribution in [3.05, 3.63) is 50.9 Å². The van der Waals surface area contributed by atoms with Crippen molar-refractivity contribution in [1.29, 1.82) is 0 Å². The fraction of sp³-hybridized carbons (Fsp3) is 0.267. The van der Waals surface area contributed by atoms with Crippen molar-refractivity contribution >= 4 is 34.7 Å². The number of nitrogens with two attached hydrogens (primary N) is 1. The Morgan fingerprint density at radius 2 is 1.91 bits per heavy atom. The van der Waals surface area contributed by atoms with Gasteiger partial charge in [0.2, 0.25) is 0 Å². The molecule has 0 bridgehead atoms. The highest BCUT2D eigenvalue weighted by Crippen LogP contribution is 2.46. The summed E-state index contributed by atoms with van der Waals surface area (Å²) in [5, 5.41) is 10.6. The van der Waals surface area contributed by atoms with Gasteiger partial charge in [-0.1, -0.05) is 29.3 Å². The zero-order chi connectivity index (χ0) is 16.0. The topological polar surface area (TPSA) is 72.6 Å². The van der Waals surface area contributed by atoms with Gasteiger partial charge in [0.25, 0.3) is 5.91 Å². The molecule has 1 fully saturated rings. The van der Waals surface area contributed by atoms with E-state index in [0.29, 0.717) is 21.2 Å². The molecular weight excluding hydrogens is 332 g/mol. The Hall–Kier alpha value is -1.72. The van der Waals surface area contributed by atoms with E-state index in [0.717, 1.165) is 0 Å². The number of hydrogen-bond acceptors (Lipinski definition) is 3. The quantitative estimate of drug-likeness (QED) is 0.862. The maximum absolute atomic E-state index is 14.1. The smallest absolute Gasteiger partial charge is 0.258 e. The monoisotopic (exact) mass is 343 g/mol. The maximum atomic E-state index is 14.1. The van der Waals surface area contributed by atoms with Gasteiger partial charge in [0.1, 0.15) is 11.5 Å². The van der Waals surface area contributed by atoms with E-state index in [2.05, 4.69) is 0 Å². The molecule has 3 rings (SSSR count). The predicted octanol–water partition coefficient (Wildman–Crippen LogP) is 3.53. The lowest BCUT2D eigenvalue weighted by atomic mass is 9.89. The van der Waals surface area contributed by atoms with Crippen LogP contribution < -0.4 is 5.73 Å². The number of rotatable bonds is 2. The van der Waals surface area contributed by atoms with Gasteiger partial charge < -0.3 is 15.6 Å². The fourth-order valence-corrected chi connectivity index (χ4v) is 3.35. The molecule has 1 saturated heterocycles. The molecule has 7 heteroatoms. The standard InChI is InChI=1S/C15H12Cl2FNO3/c16-8-2-1-3-9(17)12(8)6-4-10(18)13(20)7-5-11(15(19)21)22-14(6)7/h1-3,10-11,20H,4-5H2,(H2,19,21). The molecule has 1 aliphatic carbocycles. The largest absolute Gasteiger partial charge is 0.509 e. The van der Waals surface area contributed by atoms with Gasteiger partial charge in [-0.2, -0.15) is 0 Å². The van der Waals surface area contributed by atoms with Crippen molar-refractivity contribution in [3.63, 3.8) is 0 Å². The first-order valence-electron chi connectivity index (χ1n) is 6.60. The Kier molecular flexibility index (Phi) is 3.78. The number of halogens is 3. The molecule has 3 N–H and O–H groups in total. The lowest BCUT2D eigenvalue weighted by molar-refractivity contribution is -0.125. The number of ether oxygens (including phenoxy) is 1.